The van der Waals surface area contributed by atoms with Crippen LogP contribution in [0.5, 0.6) is 0 Å². The first-order valence-electron chi connectivity index (χ1n) is 12.8. The van der Waals surface area contributed by atoms with E-state index in [2.05, 4.69) is 72.4 Å². The molecule has 1 atom stereocenters. The van der Waals surface area contributed by atoms with Crippen LogP contribution in [0, 0.1) is 6.92 Å². The molecule has 2 amide bonds. The van der Waals surface area contributed by atoms with Gasteiger partial charge >= 0.3 is 6.03 Å². The molecule has 2 aromatic heterocycles. The van der Waals surface area contributed by atoms with Crippen LogP contribution >= 0.6 is 11.6 Å². The fourth-order valence-corrected chi connectivity index (χ4v) is 5.40. The third kappa shape index (κ3) is 4.27. The largest absolute Gasteiger partial charge is 0.322 e. The molecule has 7 heteroatoms. The Labute approximate surface area is 227 Å². The molecule has 3 aromatic carbocycles. The highest BCUT2D eigenvalue weighted by atomic mass is 35.5. The molecule has 6 rings (SSSR count). The van der Waals surface area contributed by atoms with Crippen molar-refractivity contribution in [2.75, 3.05) is 5.32 Å². The van der Waals surface area contributed by atoms with Crippen LogP contribution in [-0.2, 0) is 13.0 Å². The van der Waals surface area contributed by atoms with Gasteiger partial charge in [-0.15, -0.1) is 0 Å². The number of hydrogen-bond donors (Lipinski definition) is 1. The molecule has 190 valence electrons. The van der Waals surface area contributed by atoms with E-state index in [-0.39, 0.29) is 12.1 Å². The molecule has 0 bridgehead atoms. The first-order valence-corrected chi connectivity index (χ1v) is 13.1. The van der Waals surface area contributed by atoms with E-state index < -0.39 is 0 Å². The van der Waals surface area contributed by atoms with Gasteiger partial charge in [-0.25, -0.2) is 9.48 Å². The zero-order valence-electron chi connectivity index (χ0n) is 21.3. The van der Waals surface area contributed by atoms with Crippen molar-refractivity contribution in [3.05, 3.63) is 130 Å². The van der Waals surface area contributed by atoms with E-state index in [0.29, 0.717) is 17.3 Å². The number of rotatable bonds is 4. The molecule has 0 fully saturated rings. The number of benzene rings is 3. The summed E-state index contributed by atoms with van der Waals surface area (Å²) >= 11 is 6.22. The summed E-state index contributed by atoms with van der Waals surface area (Å²) in [6.45, 7) is 4.58. The van der Waals surface area contributed by atoms with Crippen molar-refractivity contribution in [1.29, 1.82) is 0 Å². The van der Waals surface area contributed by atoms with E-state index in [1.54, 1.807) is 12.1 Å². The molecule has 5 aromatic rings. The number of amides is 2. The second-order valence-corrected chi connectivity index (χ2v) is 9.97. The van der Waals surface area contributed by atoms with E-state index in [4.69, 9.17) is 16.7 Å². The van der Waals surface area contributed by atoms with E-state index in [1.807, 2.05) is 46.0 Å². The van der Waals surface area contributed by atoms with Crippen molar-refractivity contribution < 1.29 is 4.79 Å². The Morgan fingerprint density at radius 3 is 2.53 bits per heavy atom. The molecular weight excluding hydrogens is 494 g/mol. The minimum Gasteiger partial charge on any atom is -0.308 e. The lowest BCUT2D eigenvalue weighted by molar-refractivity contribution is 0.194. The summed E-state index contributed by atoms with van der Waals surface area (Å²) in [6.07, 6.45) is 2.81. The highest BCUT2D eigenvalue weighted by molar-refractivity contribution is 6.30. The van der Waals surface area contributed by atoms with Crippen LogP contribution in [0.15, 0.2) is 97.2 Å². The van der Waals surface area contributed by atoms with E-state index in [9.17, 15) is 4.79 Å². The lowest BCUT2D eigenvalue weighted by Gasteiger charge is -2.31. The molecule has 0 unspecified atom stereocenters. The number of para-hydroxylation sites is 1. The van der Waals surface area contributed by atoms with E-state index in [1.165, 1.54) is 5.56 Å². The highest BCUT2D eigenvalue weighted by Gasteiger charge is 2.36. The Hall–Kier alpha value is -4.29. The van der Waals surface area contributed by atoms with Gasteiger partial charge in [0.2, 0.25) is 0 Å². The standard InChI is InChI=1S/C31H28ClN5O/c1-3-27-26-20-36(31(38)33-24-10-7-9-23(32)19-24)29(22-16-14-21(2)15-17-22)28-13-8-18-35(28)30(26)37(34-27)25-11-5-4-6-12-25/h4-19,29H,3,20H2,1-2H3,(H,33,38)/t29-/m0/s1. The zero-order chi connectivity index (χ0) is 26.2. The number of hydrogen-bond acceptors (Lipinski definition) is 2. The van der Waals surface area contributed by atoms with Gasteiger partial charge < -0.3 is 14.8 Å². The van der Waals surface area contributed by atoms with E-state index in [0.717, 1.165) is 40.4 Å². The molecule has 1 N–H and O–H groups in total. The molecule has 0 radical (unpaired) electrons. The minimum absolute atomic E-state index is 0.201. The molecular formula is C31H28ClN5O. The summed E-state index contributed by atoms with van der Waals surface area (Å²) < 4.78 is 4.19. The summed E-state index contributed by atoms with van der Waals surface area (Å²) in [5, 5.41) is 8.68. The second kappa shape index (κ2) is 9.88. The SMILES string of the molecule is CCc1nn(-c2ccccc2)c2c1CN(C(=O)Nc1cccc(Cl)c1)[C@@H](c1ccc(C)cc1)c1cccn1-2. The number of fused-ring (bicyclic) bond motifs is 3. The smallest absolute Gasteiger partial charge is 0.308 e. The Kier molecular flexibility index (Phi) is 6.26. The lowest BCUT2D eigenvalue weighted by atomic mass is 10.0. The Morgan fingerprint density at radius 2 is 1.79 bits per heavy atom. The molecule has 3 heterocycles. The van der Waals surface area contributed by atoms with Gasteiger partial charge in [-0.2, -0.15) is 5.10 Å². The quantitative estimate of drug-likeness (QED) is 0.269. The lowest BCUT2D eigenvalue weighted by Crippen LogP contribution is -2.38. The third-order valence-corrected chi connectivity index (χ3v) is 7.27. The molecule has 1 aliphatic heterocycles. The Bertz CT molecular complexity index is 1600. The predicted molar refractivity (Wildman–Crippen MR) is 151 cm³/mol. The molecule has 0 saturated carbocycles. The van der Waals surface area contributed by atoms with Gasteiger partial charge in [0.05, 0.1) is 29.7 Å². The van der Waals surface area contributed by atoms with Crippen molar-refractivity contribution in [3.63, 3.8) is 0 Å². The number of halogens is 1. The molecule has 6 nitrogen and oxygen atoms in total. The number of aryl methyl sites for hydroxylation is 2. The van der Waals surface area contributed by atoms with Crippen LogP contribution < -0.4 is 5.32 Å². The van der Waals surface area contributed by atoms with Crippen molar-refractivity contribution in [2.24, 2.45) is 0 Å². The zero-order valence-corrected chi connectivity index (χ0v) is 22.1. The molecule has 0 aliphatic carbocycles. The topological polar surface area (TPSA) is 55.1 Å². The number of carbonyl (C=O) groups excluding carboxylic acids is 1. The summed E-state index contributed by atoms with van der Waals surface area (Å²) in [6, 6.07) is 29.4. The van der Waals surface area contributed by atoms with E-state index >= 15 is 0 Å². The molecule has 1 aliphatic rings. The summed E-state index contributed by atoms with van der Waals surface area (Å²) in [7, 11) is 0. The maximum Gasteiger partial charge on any atom is 0.322 e. The maximum absolute atomic E-state index is 14.0. The molecule has 0 saturated heterocycles. The normalized spacial score (nSPS) is 14.5. The monoisotopic (exact) mass is 521 g/mol. The van der Waals surface area contributed by atoms with Crippen molar-refractivity contribution in [2.45, 2.75) is 32.9 Å². The van der Waals surface area contributed by atoms with Gasteiger partial charge in [0.15, 0.2) is 0 Å². The van der Waals surface area contributed by atoms with Crippen LogP contribution in [0.2, 0.25) is 5.02 Å². The van der Waals surface area contributed by atoms with Crippen LogP contribution in [-0.4, -0.2) is 25.3 Å². The molecule has 38 heavy (non-hydrogen) atoms. The van der Waals surface area contributed by atoms with Crippen LogP contribution in [0.3, 0.4) is 0 Å². The fraction of sp³-hybridized carbons (Fsp3) is 0.161. The van der Waals surface area contributed by atoms with Crippen molar-refractivity contribution in [1.82, 2.24) is 19.2 Å². The van der Waals surface area contributed by atoms with Gasteiger partial charge in [-0.05, 0) is 61.4 Å². The Morgan fingerprint density at radius 1 is 1.00 bits per heavy atom. The number of nitrogens with one attached hydrogen (secondary N) is 1. The maximum atomic E-state index is 14.0. The second-order valence-electron chi connectivity index (χ2n) is 9.53. The third-order valence-electron chi connectivity index (χ3n) is 7.03. The van der Waals surface area contributed by atoms with Gasteiger partial charge in [0.25, 0.3) is 0 Å². The average molecular weight is 522 g/mol. The van der Waals surface area contributed by atoms with Crippen molar-refractivity contribution >= 4 is 23.3 Å². The molecule has 0 spiro atoms. The number of aromatic nitrogens is 3. The number of nitrogens with zero attached hydrogens (tertiary/aromatic N) is 4. The van der Waals surface area contributed by atoms with Crippen LogP contribution in [0.1, 0.15) is 41.0 Å². The summed E-state index contributed by atoms with van der Waals surface area (Å²) in [4.78, 5) is 15.9. The minimum atomic E-state index is -0.314. The Balaban J connectivity index is 1.55. The first kappa shape index (κ1) is 24.1. The first-order chi connectivity index (χ1) is 18.5. The van der Waals surface area contributed by atoms with Gasteiger partial charge in [0, 0.05) is 22.5 Å². The van der Waals surface area contributed by atoms with Crippen LogP contribution in [0.25, 0.3) is 11.5 Å². The van der Waals surface area contributed by atoms with Gasteiger partial charge in [-0.1, -0.05) is 72.6 Å². The number of anilines is 1. The van der Waals surface area contributed by atoms with Crippen molar-refractivity contribution in [3.8, 4) is 11.5 Å². The number of urea groups is 1. The predicted octanol–water partition coefficient (Wildman–Crippen LogP) is 7.32. The summed E-state index contributed by atoms with van der Waals surface area (Å²) in [5.41, 5.74) is 6.84. The van der Waals surface area contributed by atoms with Gasteiger partial charge in [0.1, 0.15) is 5.82 Å². The van der Waals surface area contributed by atoms with Gasteiger partial charge in [-0.3, -0.25) is 0 Å². The number of carbonyl (C=O) groups is 1. The summed E-state index contributed by atoms with van der Waals surface area (Å²) in [5.74, 6) is 0.961. The van der Waals surface area contributed by atoms with Crippen LogP contribution in [0.4, 0.5) is 10.5 Å². The fourth-order valence-electron chi connectivity index (χ4n) is 5.21. The average Bonchev–Trinajstić information content (AvgIpc) is 3.51. The highest BCUT2D eigenvalue weighted by Crippen LogP contribution is 2.39.